The Labute approximate surface area is 166 Å². The van der Waals surface area contributed by atoms with Crippen LogP contribution >= 0.6 is 22.7 Å². The van der Waals surface area contributed by atoms with Crippen LogP contribution in [0.3, 0.4) is 0 Å². The third-order valence-electron chi connectivity index (χ3n) is 3.94. The van der Waals surface area contributed by atoms with Gasteiger partial charge in [0.05, 0.1) is 12.1 Å². The molecule has 0 N–H and O–H groups in total. The fourth-order valence-electron chi connectivity index (χ4n) is 2.59. The molecule has 0 fully saturated rings. The first-order valence-corrected chi connectivity index (χ1v) is 10.3. The van der Waals surface area contributed by atoms with E-state index in [1.54, 1.807) is 30.2 Å². The predicted octanol–water partition coefficient (Wildman–Crippen LogP) is 4.00. The average molecular weight is 401 g/mol. The van der Waals surface area contributed by atoms with E-state index in [1.165, 1.54) is 11.3 Å². The lowest BCUT2D eigenvalue weighted by molar-refractivity contribution is -0.158. The lowest BCUT2D eigenvalue weighted by atomic mass is 10.2. The maximum Gasteiger partial charge on any atom is 0.312 e. The second kappa shape index (κ2) is 8.92. The van der Waals surface area contributed by atoms with E-state index in [9.17, 15) is 9.59 Å². The van der Waals surface area contributed by atoms with Crippen LogP contribution in [0.2, 0.25) is 0 Å². The molecular formula is C20H20N2O3S2. The summed E-state index contributed by atoms with van der Waals surface area (Å²) in [7, 11) is 1.70. The summed E-state index contributed by atoms with van der Waals surface area (Å²) >= 11 is 3.10. The molecule has 0 aliphatic carbocycles. The fraction of sp³-hybridized carbons (Fsp3) is 0.250. The summed E-state index contributed by atoms with van der Waals surface area (Å²) < 4.78 is 5.31. The summed E-state index contributed by atoms with van der Waals surface area (Å²) in [6.45, 7) is 2.07. The fourth-order valence-corrected chi connectivity index (χ4v) is 4.12. The quantitative estimate of drug-likeness (QED) is 0.563. The molecular weight excluding hydrogens is 380 g/mol. The van der Waals surface area contributed by atoms with Gasteiger partial charge in [-0.2, -0.15) is 11.3 Å². The summed E-state index contributed by atoms with van der Waals surface area (Å²) in [6, 6.07) is 11.7. The zero-order valence-corrected chi connectivity index (χ0v) is 16.8. The standard InChI is InChI=1S/C20H20N2O3S2/c1-14(20(24)22(2)11-15-6-4-3-5-7-15)25-18(23)10-17-13-27-19(21-17)16-8-9-26-12-16/h3-9,12-14H,10-11H2,1-2H3/t14-/m1/s1. The molecule has 3 aromatic rings. The molecule has 0 radical (unpaired) electrons. The van der Waals surface area contributed by atoms with E-state index in [2.05, 4.69) is 4.98 Å². The van der Waals surface area contributed by atoms with Gasteiger partial charge >= 0.3 is 5.97 Å². The van der Waals surface area contributed by atoms with Gasteiger partial charge in [0.25, 0.3) is 5.91 Å². The number of thiazole rings is 1. The van der Waals surface area contributed by atoms with Gasteiger partial charge in [0, 0.05) is 29.9 Å². The van der Waals surface area contributed by atoms with Crippen molar-refractivity contribution < 1.29 is 14.3 Å². The van der Waals surface area contributed by atoms with E-state index in [1.807, 2.05) is 52.5 Å². The van der Waals surface area contributed by atoms with Crippen molar-refractivity contribution >= 4 is 34.6 Å². The number of thiophene rings is 1. The number of esters is 1. The minimum Gasteiger partial charge on any atom is -0.452 e. The highest BCUT2D eigenvalue weighted by molar-refractivity contribution is 7.14. The minimum absolute atomic E-state index is 0.0562. The molecule has 0 spiro atoms. The molecule has 3 rings (SSSR count). The zero-order valence-electron chi connectivity index (χ0n) is 15.1. The maximum atomic E-state index is 12.4. The van der Waals surface area contributed by atoms with Crippen molar-refractivity contribution in [2.75, 3.05) is 7.05 Å². The Morgan fingerprint density at radius 2 is 1.96 bits per heavy atom. The maximum absolute atomic E-state index is 12.4. The molecule has 1 aromatic carbocycles. The Morgan fingerprint density at radius 1 is 1.19 bits per heavy atom. The van der Waals surface area contributed by atoms with Crippen LogP contribution in [0.15, 0.2) is 52.5 Å². The lowest BCUT2D eigenvalue weighted by Crippen LogP contribution is -2.37. The number of amides is 1. The number of carbonyl (C=O) groups excluding carboxylic acids is 2. The first kappa shape index (κ1) is 19.3. The number of ether oxygens (including phenoxy) is 1. The lowest BCUT2D eigenvalue weighted by Gasteiger charge is -2.21. The molecule has 0 aliphatic heterocycles. The van der Waals surface area contributed by atoms with Crippen molar-refractivity contribution in [2.24, 2.45) is 0 Å². The van der Waals surface area contributed by atoms with Crippen LogP contribution in [0.1, 0.15) is 18.2 Å². The third kappa shape index (κ3) is 5.24. The third-order valence-corrected chi connectivity index (χ3v) is 5.56. The molecule has 0 aliphatic rings. The summed E-state index contributed by atoms with van der Waals surface area (Å²) in [4.78, 5) is 30.6. The van der Waals surface area contributed by atoms with E-state index in [-0.39, 0.29) is 12.3 Å². The largest absolute Gasteiger partial charge is 0.452 e. The Kier molecular flexibility index (Phi) is 6.36. The predicted molar refractivity (Wildman–Crippen MR) is 108 cm³/mol. The Balaban J connectivity index is 1.51. The molecule has 2 aromatic heterocycles. The molecule has 2 heterocycles. The minimum atomic E-state index is -0.832. The van der Waals surface area contributed by atoms with Crippen LogP contribution < -0.4 is 0 Å². The first-order chi connectivity index (χ1) is 13.0. The molecule has 0 saturated heterocycles. The number of aromatic nitrogens is 1. The van der Waals surface area contributed by atoms with Crippen molar-refractivity contribution in [1.82, 2.24) is 9.88 Å². The van der Waals surface area contributed by atoms with Crippen molar-refractivity contribution in [3.63, 3.8) is 0 Å². The number of hydrogen-bond donors (Lipinski definition) is 0. The second-order valence-electron chi connectivity index (χ2n) is 6.14. The van der Waals surface area contributed by atoms with Crippen LogP contribution in [0.5, 0.6) is 0 Å². The SMILES string of the molecule is C[C@@H](OC(=O)Cc1csc(-c2ccsc2)n1)C(=O)N(C)Cc1ccccc1. The Morgan fingerprint density at radius 3 is 2.67 bits per heavy atom. The smallest absolute Gasteiger partial charge is 0.312 e. The molecule has 27 heavy (non-hydrogen) atoms. The van der Waals surface area contributed by atoms with Crippen LogP contribution in [0, 0.1) is 0 Å². The molecule has 0 saturated carbocycles. The molecule has 1 amide bonds. The van der Waals surface area contributed by atoms with E-state index >= 15 is 0 Å². The average Bonchev–Trinajstić information content (AvgIpc) is 3.33. The van der Waals surface area contributed by atoms with Crippen molar-refractivity contribution in [3.8, 4) is 10.6 Å². The summed E-state index contributed by atoms with van der Waals surface area (Å²) in [6.07, 6.45) is -0.776. The highest BCUT2D eigenvalue weighted by atomic mass is 32.1. The van der Waals surface area contributed by atoms with E-state index in [0.29, 0.717) is 12.2 Å². The summed E-state index contributed by atoms with van der Waals surface area (Å²) in [5, 5.41) is 6.74. The van der Waals surface area contributed by atoms with E-state index in [0.717, 1.165) is 16.1 Å². The van der Waals surface area contributed by atoms with Crippen LogP contribution in [-0.4, -0.2) is 34.9 Å². The molecule has 7 heteroatoms. The molecule has 0 bridgehead atoms. The Hall–Kier alpha value is -2.51. The van der Waals surface area contributed by atoms with Gasteiger partial charge in [-0.1, -0.05) is 30.3 Å². The van der Waals surface area contributed by atoms with Crippen molar-refractivity contribution in [1.29, 1.82) is 0 Å². The molecule has 5 nitrogen and oxygen atoms in total. The van der Waals surface area contributed by atoms with Gasteiger partial charge in [0.1, 0.15) is 5.01 Å². The van der Waals surface area contributed by atoms with Gasteiger partial charge in [-0.15, -0.1) is 11.3 Å². The first-order valence-electron chi connectivity index (χ1n) is 8.48. The molecule has 140 valence electrons. The van der Waals surface area contributed by atoms with Crippen LogP contribution in [0.25, 0.3) is 10.6 Å². The van der Waals surface area contributed by atoms with E-state index in [4.69, 9.17) is 4.74 Å². The van der Waals surface area contributed by atoms with Crippen molar-refractivity contribution in [3.05, 3.63) is 63.8 Å². The van der Waals surface area contributed by atoms with Gasteiger partial charge in [0.2, 0.25) is 0 Å². The summed E-state index contributed by atoms with van der Waals surface area (Å²) in [5.41, 5.74) is 2.73. The van der Waals surface area contributed by atoms with Crippen LogP contribution in [-0.2, 0) is 27.3 Å². The number of rotatable bonds is 7. The van der Waals surface area contributed by atoms with Gasteiger partial charge in [-0.3, -0.25) is 9.59 Å². The highest BCUT2D eigenvalue weighted by Crippen LogP contribution is 2.25. The number of likely N-dealkylation sites (N-methyl/N-ethyl adjacent to an activating group) is 1. The molecule has 1 atom stereocenters. The normalized spacial score (nSPS) is 11.8. The van der Waals surface area contributed by atoms with E-state index < -0.39 is 12.1 Å². The van der Waals surface area contributed by atoms with Gasteiger partial charge < -0.3 is 9.64 Å². The second-order valence-corrected chi connectivity index (χ2v) is 7.78. The zero-order chi connectivity index (χ0) is 19.2. The molecule has 0 unspecified atom stereocenters. The van der Waals surface area contributed by atoms with Crippen molar-refractivity contribution in [2.45, 2.75) is 26.0 Å². The van der Waals surface area contributed by atoms with Crippen LogP contribution in [0.4, 0.5) is 0 Å². The summed E-state index contributed by atoms with van der Waals surface area (Å²) in [5.74, 6) is -0.685. The number of benzene rings is 1. The van der Waals surface area contributed by atoms with Gasteiger partial charge in [-0.25, -0.2) is 4.98 Å². The number of hydrogen-bond acceptors (Lipinski definition) is 6. The van der Waals surface area contributed by atoms with Gasteiger partial charge in [-0.05, 0) is 23.9 Å². The Bertz CT molecular complexity index is 891. The number of nitrogens with zero attached hydrogens (tertiary/aromatic N) is 2. The topological polar surface area (TPSA) is 59.5 Å². The van der Waals surface area contributed by atoms with Gasteiger partial charge in [0.15, 0.2) is 6.10 Å². The number of carbonyl (C=O) groups is 2. The highest BCUT2D eigenvalue weighted by Gasteiger charge is 2.22. The monoisotopic (exact) mass is 400 g/mol.